The summed E-state index contributed by atoms with van der Waals surface area (Å²) in [6.07, 6.45) is 4.55. The Labute approximate surface area is 176 Å². The molecule has 1 aromatic heterocycles. The van der Waals surface area contributed by atoms with Crippen molar-refractivity contribution < 1.29 is 14.3 Å². The van der Waals surface area contributed by atoms with Crippen molar-refractivity contribution in [2.24, 2.45) is 11.3 Å². The molecule has 3 aromatic rings. The number of benzene rings is 2. The number of fused-ring (bicyclic) bond motifs is 1. The van der Waals surface area contributed by atoms with Crippen molar-refractivity contribution in [2.45, 2.75) is 38.5 Å². The van der Waals surface area contributed by atoms with Gasteiger partial charge in [-0.15, -0.1) is 10.2 Å². The summed E-state index contributed by atoms with van der Waals surface area (Å²) in [6, 6.07) is 16.4. The van der Waals surface area contributed by atoms with E-state index >= 15 is 0 Å². The van der Waals surface area contributed by atoms with Crippen LogP contribution in [0.5, 0.6) is 5.75 Å². The smallest absolute Gasteiger partial charge is 0.188 e. The number of ether oxygens (including phenoxy) is 2. The van der Waals surface area contributed by atoms with Crippen molar-refractivity contribution in [3.05, 3.63) is 54.1 Å². The van der Waals surface area contributed by atoms with Crippen molar-refractivity contribution in [1.82, 2.24) is 10.2 Å². The highest BCUT2D eigenvalue weighted by Crippen LogP contribution is 2.64. The van der Waals surface area contributed by atoms with Gasteiger partial charge in [0.15, 0.2) is 6.79 Å². The maximum atomic E-state index is 11.5. The molecule has 1 spiro atoms. The molecule has 5 nitrogen and oxygen atoms in total. The van der Waals surface area contributed by atoms with E-state index in [1.807, 2.05) is 24.3 Å². The maximum absolute atomic E-state index is 11.5. The van der Waals surface area contributed by atoms with Crippen LogP contribution < -0.4 is 4.74 Å². The molecule has 0 saturated heterocycles. The van der Waals surface area contributed by atoms with E-state index in [1.54, 1.807) is 14.0 Å². The largest absolute Gasteiger partial charge is 0.467 e. The molecule has 0 unspecified atom stereocenters. The van der Waals surface area contributed by atoms with Crippen LogP contribution in [0.3, 0.4) is 0 Å². The topological polar surface area (TPSA) is 61.3 Å². The van der Waals surface area contributed by atoms with Crippen LogP contribution in [0.1, 0.15) is 44.1 Å². The summed E-state index contributed by atoms with van der Waals surface area (Å²) >= 11 is 0. The number of methoxy groups -OCH3 is 1. The highest BCUT2D eigenvalue weighted by Gasteiger charge is 2.54. The highest BCUT2D eigenvalue weighted by molar-refractivity contribution is 5.83. The fourth-order valence-corrected chi connectivity index (χ4v) is 5.19. The third kappa shape index (κ3) is 3.37. The Kier molecular flexibility index (Phi) is 4.78. The minimum atomic E-state index is 0.192. The van der Waals surface area contributed by atoms with Crippen LogP contribution in [-0.4, -0.2) is 29.9 Å². The molecular formula is C25H26N2O3. The molecule has 2 aromatic carbocycles. The molecule has 0 aliphatic heterocycles. The fourth-order valence-electron chi connectivity index (χ4n) is 5.19. The van der Waals surface area contributed by atoms with Crippen LogP contribution in [0.15, 0.2) is 48.5 Å². The van der Waals surface area contributed by atoms with Crippen molar-refractivity contribution in [2.75, 3.05) is 13.9 Å². The number of hydrogen-bond donors (Lipinski definition) is 0. The van der Waals surface area contributed by atoms with E-state index in [0.29, 0.717) is 23.0 Å². The predicted octanol–water partition coefficient (Wildman–Crippen LogP) is 5.14. The van der Waals surface area contributed by atoms with Gasteiger partial charge in [-0.2, -0.15) is 0 Å². The summed E-state index contributed by atoms with van der Waals surface area (Å²) in [5.41, 5.74) is 4.37. The molecule has 5 heteroatoms. The van der Waals surface area contributed by atoms with E-state index in [0.717, 1.165) is 40.8 Å². The highest BCUT2D eigenvalue weighted by atomic mass is 16.7. The average Bonchev–Trinajstić information content (AvgIpc) is 2.70. The molecule has 2 fully saturated rings. The molecule has 2 saturated carbocycles. The number of carbonyl (C=O) groups excluding carboxylic acids is 1. The summed E-state index contributed by atoms with van der Waals surface area (Å²) < 4.78 is 10.7. The van der Waals surface area contributed by atoms with E-state index in [2.05, 4.69) is 34.5 Å². The molecule has 30 heavy (non-hydrogen) atoms. The summed E-state index contributed by atoms with van der Waals surface area (Å²) in [4.78, 5) is 11.5. The van der Waals surface area contributed by atoms with Gasteiger partial charge in [0.05, 0.1) is 11.2 Å². The van der Waals surface area contributed by atoms with Crippen molar-refractivity contribution in [3.8, 4) is 17.0 Å². The summed E-state index contributed by atoms with van der Waals surface area (Å²) in [5, 5.41) is 10.0. The standard InChI is InChI=1S/C25H26N2O3/c1-16(28)19-11-25(12-19)13-20(14-25)17-7-8-18-10-23(27-26-22(18)9-17)21-5-3-4-6-24(21)30-15-29-2/h3-10,19-20H,11-15H2,1-2H3. The van der Waals surface area contributed by atoms with E-state index in [9.17, 15) is 4.79 Å². The molecule has 0 N–H and O–H groups in total. The Bertz CT molecular complexity index is 1100. The average molecular weight is 402 g/mol. The lowest BCUT2D eigenvalue weighted by molar-refractivity contribution is -0.133. The first-order valence-corrected chi connectivity index (χ1v) is 10.6. The van der Waals surface area contributed by atoms with Crippen LogP contribution in [0.2, 0.25) is 0 Å². The van der Waals surface area contributed by atoms with Crippen molar-refractivity contribution in [3.63, 3.8) is 0 Å². The van der Waals surface area contributed by atoms with Gasteiger partial charge in [0, 0.05) is 24.0 Å². The lowest BCUT2D eigenvalue weighted by Gasteiger charge is -2.57. The molecule has 2 aliphatic rings. The lowest BCUT2D eigenvalue weighted by atomic mass is 9.47. The van der Waals surface area contributed by atoms with Crippen LogP contribution >= 0.6 is 0 Å². The molecule has 5 rings (SSSR count). The second-order valence-electron chi connectivity index (χ2n) is 8.92. The molecule has 0 atom stereocenters. The molecule has 0 radical (unpaired) electrons. The van der Waals surface area contributed by atoms with Gasteiger partial charge < -0.3 is 9.47 Å². The fraction of sp³-hybridized carbons (Fsp3) is 0.400. The molecule has 154 valence electrons. The second kappa shape index (κ2) is 7.47. The number of ketones is 1. The summed E-state index contributed by atoms with van der Waals surface area (Å²) in [7, 11) is 1.60. The predicted molar refractivity (Wildman–Crippen MR) is 115 cm³/mol. The first kappa shape index (κ1) is 19.2. The SMILES string of the molecule is COCOc1ccccc1-c1cc2ccc(C3CC4(CC(C(C)=O)C4)C3)cc2nn1. The van der Waals surface area contributed by atoms with E-state index < -0.39 is 0 Å². The van der Waals surface area contributed by atoms with Gasteiger partial charge in [-0.1, -0.05) is 24.3 Å². The van der Waals surface area contributed by atoms with Crippen LogP contribution in [0.25, 0.3) is 22.2 Å². The van der Waals surface area contributed by atoms with Crippen molar-refractivity contribution >= 4 is 16.7 Å². The number of aromatic nitrogens is 2. The zero-order chi connectivity index (χ0) is 20.7. The van der Waals surface area contributed by atoms with Gasteiger partial charge in [-0.3, -0.25) is 4.79 Å². The van der Waals surface area contributed by atoms with E-state index in [4.69, 9.17) is 9.47 Å². The third-order valence-electron chi connectivity index (χ3n) is 6.87. The van der Waals surface area contributed by atoms with Crippen LogP contribution in [-0.2, 0) is 9.53 Å². The van der Waals surface area contributed by atoms with Gasteiger partial charge in [-0.25, -0.2) is 0 Å². The molecular weight excluding hydrogens is 376 g/mol. The normalized spacial score (nSPS) is 25.0. The number of hydrogen-bond acceptors (Lipinski definition) is 5. The quantitative estimate of drug-likeness (QED) is 0.534. The lowest BCUT2D eigenvalue weighted by Crippen LogP contribution is -2.48. The number of nitrogens with zero attached hydrogens (tertiary/aromatic N) is 2. The number of rotatable bonds is 6. The monoisotopic (exact) mass is 402 g/mol. The maximum Gasteiger partial charge on any atom is 0.188 e. The van der Waals surface area contributed by atoms with E-state index in [1.165, 1.54) is 18.4 Å². The Balaban J connectivity index is 1.34. The van der Waals surface area contributed by atoms with Gasteiger partial charge in [0.25, 0.3) is 0 Å². The number of Topliss-reactive ketones (excluding diaryl/α,β-unsaturated/α-hetero) is 1. The number of para-hydroxylation sites is 1. The zero-order valence-corrected chi connectivity index (χ0v) is 17.4. The Morgan fingerprint density at radius 1 is 1.07 bits per heavy atom. The van der Waals surface area contributed by atoms with Crippen LogP contribution in [0.4, 0.5) is 0 Å². The Morgan fingerprint density at radius 3 is 2.63 bits per heavy atom. The second-order valence-corrected chi connectivity index (χ2v) is 8.92. The third-order valence-corrected chi connectivity index (χ3v) is 6.87. The Morgan fingerprint density at radius 2 is 1.87 bits per heavy atom. The zero-order valence-electron chi connectivity index (χ0n) is 17.4. The number of carbonyl (C=O) groups is 1. The van der Waals surface area contributed by atoms with Gasteiger partial charge in [0.1, 0.15) is 11.5 Å². The molecule has 1 heterocycles. The molecule has 2 aliphatic carbocycles. The van der Waals surface area contributed by atoms with E-state index in [-0.39, 0.29) is 6.79 Å². The first-order valence-electron chi connectivity index (χ1n) is 10.6. The van der Waals surface area contributed by atoms with Crippen molar-refractivity contribution in [1.29, 1.82) is 0 Å². The van der Waals surface area contributed by atoms with Gasteiger partial charge >= 0.3 is 0 Å². The summed E-state index contributed by atoms with van der Waals surface area (Å²) in [5.74, 6) is 1.97. The van der Waals surface area contributed by atoms with Gasteiger partial charge in [-0.05, 0) is 73.8 Å². The Hall–Kier alpha value is -2.79. The first-order chi connectivity index (χ1) is 14.6. The summed E-state index contributed by atoms with van der Waals surface area (Å²) in [6.45, 7) is 1.92. The molecule has 0 amide bonds. The van der Waals surface area contributed by atoms with Crippen LogP contribution in [0, 0.1) is 11.3 Å². The minimum Gasteiger partial charge on any atom is -0.467 e. The van der Waals surface area contributed by atoms with Gasteiger partial charge in [0.2, 0.25) is 0 Å². The molecule has 0 bridgehead atoms. The minimum absolute atomic E-state index is 0.192.